The van der Waals surface area contributed by atoms with E-state index >= 15 is 0 Å². The number of amides is 2. The molecule has 22 heavy (non-hydrogen) atoms. The quantitative estimate of drug-likeness (QED) is 0.812. The Bertz CT molecular complexity index is 643. The molecule has 0 spiro atoms. The van der Waals surface area contributed by atoms with Gasteiger partial charge in [0.05, 0.1) is 12.7 Å². The molecular formula is C15H15F2N3O2. The number of urea groups is 1. The maximum atomic E-state index is 12.9. The molecule has 0 aliphatic carbocycles. The van der Waals surface area contributed by atoms with Crippen molar-refractivity contribution in [3.05, 3.63) is 59.8 Å². The zero-order valence-corrected chi connectivity index (χ0v) is 11.8. The Morgan fingerprint density at radius 1 is 1.18 bits per heavy atom. The van der Waals surface area contributed by atoms with Crippen LogP contribution in [0.25, 0.3) is 0 Å². The highest BCUT2D eigenvalue weighted by Gasteiger charge is 2.23. The lowest BCUT2D eigenvalue weighted by Crippen LogP contribution is -2.40. The molecule has 5 nitrogen and oxygen atoms in total. The lowest BCUT2D eigenvalue weighted by atomic mass is 9.96. The summed E-state index contributed by atoms with van der Waals surface area (Å²) in [5, 5.41) is 15.2. The van der Waals surface area contributed by atoms with Crippen LogP contribution in [0, 0.1) is 11.6 Å². The van der Waals surface area contributed by atoms with Crippen molar-refractivity contribution in [2.75, 3.05) is 11.9 Å². The van der Waals surface area contributed by atoms with E-state index in [2.05, 4.69) is 15.6 Å². The van der Waals surface area contributed by atoms with Gasteiger partial charge in [-0.05, 0) is 36.8 Å². The van der Waals surface area contributed by atoms with Gasteiger partial charge >= 0.3 is 6.03 Å². The Kier molecular flexibility index (Phi) is 4.67. The van der Waals surface area contributed by atoms with Gasteiger partial charge in [-0.2, -0.15) is 0 Å². The van der Waals surface area contributed by atoms with Crippen LogP contribution in [0.1, 0.15) is 12.5 Å². The summed E-state index contributed by atoms with van der Waals surface area (Å²) < 4.78 is 25.6. The molecule has 0 saturated carbocycles. The fraction of sp³-hybridized carbons (Fsp3) is 0.200. The third-order valence-corrected chi connectivity index (χ3v) is 3.03. The van der Waals surface area contributed by atoms with Gasteiger partial charge in [0.15, 0.2) is 0 Å². The van der Waals surface area contributed by atoms with E-state index in [1.54, 1.807) is 0 Å². The molecule has 3 N–H and O–H groups in total. The maximum absolute atomic E-state index is 12.9. The van der Waals surface area contributed by atoms with Crippen LogP contribution in [0.2, 0.25) is 0 Å². The molecule has 0 fully saturated rings. The number of aromatic nitrogens is 1. The summed E-state index contributed by atoms with van der Waals surface area (Å²) in [6, 6.07) is 7.22. The summed E-state index contributed by atoms with van der Waals surface area (Å²) >= 11 is 0. The highest BCUT2D eigenvalue weighted by Crippen LogP contribution is 2.19. The van der Waals surface area contributed by atoms with Crippen LogP contribution in [-0.2, 0) is 5.60 Å². The second-order valence-corrected chi connectivity index (χ2v) is 4.95. The number of pyridine rings is 1. The molecule has 2 aromatic rings. The number of aliphatic hydroxyl groups is 1. The second-order valence-electron chi connectivity index (χ2n) is 4.95. The average molecular weight is 307 g/mol. The molecule has 1 aromatic heterocycles. The van der Waals surface area contributed by atoms with Crippen molar-refractivity contribution >= 4 is 11.8 Å². The lowest BCUT2D eigenvalue weighted by molar-refractivity contribution is 0.0599. The first-order chi connectivity index (χ1) is 10.4. The molecule has 2 rings (SSSR count). The molecule has 0 saturated heterocycles. The molecule has 0 unspecified atom stereocenters. The summed E-state index contributed by atoms with van der Waals surface area (Å²) in [6.45, 7) is 1.41. The largest absolute Gasteiger partial charge is 0.384 e. The first-order valence-corrected chi connectivity index (χ1v) is 6.52. The van der Waals surface area contributed by atoms with Gasteiger partial charge < -0.3 is 10.4 Å². The number of carbonyl (C=O) groups excluding carboxylic acids is 1. The summed E-state index contributed by atoms with van der Waals surface area (Å²) in [4.78, 5) is 15.4. The monoisotopic (exact) mass is 307 g/mol. The smallest absolute Gasteiger partial charge is 0.320 e. The van der Waals surface area contributed by atoms with E-state index in [1.807, 2.05) is 0 Å². The molecular weight excluding hydrogens is 292 g/mol. The van der Waals surface area contributed by atoms with Crippen molar-refractivity contribution in [1.82, 2.24) is 10.3 Å². The molecule has 2 amide bonds. The summed E-state index contributed by atoms with van der Waals surface area (Å²) in [7, 11) is 0. The molecule has 0 aliphatic rings. The van der Waals surface area contributed by atoms with Crippen molar-refractivity contribution in [3.8, 4) is 0 Å². The number of hydrogen-bond donors (Lipinski definition) is 3. The van der Waals surface area contributed by atoms with Gasteiger partial charge in [0.1, 0.15) is 23.1 Å². The maximum Gasteiger partial charge on any atom is 0.320 e. The lowest BCUT2D eigenvalue weighted by Gasteiger charge is -2.24. The fourth-order valence-electron chi connectivity index (χ4n) is 1.77. The number of halogens is 2. The SMILES string of the molecule is C[C@@](O)(CNC(=O)Nc1ccc(F)cn1)c1ccc(F)cc1. The standard InChI is InChI=1S/C15H15F2N3O2/c1-15(22,10-2-4-11(16)5-3-10)9-19-14(21)20-13-7-6-12(17)8-18-13/h2-8,22H,9H2,1H3,(H2,18,19,20,21)/t15-/m1/s1. The Labute approximate surface area is 126 Å². The van der Waals surface area contributed by atoms with Gasteiger partial charge in [0.25, 0.3) is 0 Å². The van der Waals surface area contributed by atoms with E-state index in [0.29, 0.717) is 5.56 Å². The highest BCUT2D eigenvalue weighted by molar-refractivity contribution is 5.88. The van der Waals surface area contributed by atoms with Gasteiger partial charge in [0.2, 0.25) is 0 Å². The molecule has 116 valence electrons. The van der Waals surface area contributed by atoms with Gasteiger partial charge in [-0.25, -0.2) is 18.6 Å². The Morgan fingerprint density at radius 2 is 1.82 bits per heavy atom. The van der Waals surface area contributed by atoms with E-state index < -0.39 is 23.3 Å². The van der Waals surface area contributed by atoms with Crippen molar-refractivity contribution < 1.29 is 18.7 Å². The van der Waals surface area contributed by atoms with Crippen molar-refractivity contribution in [2.45, 2.75) is 12.5 Å². The predicted octanol–water partition coefficient (Wildman–Crippen LogP) is 2.39. The molecule has 1 aromatic carbocycles. The Balaban J connectivity index is 1.92. The van der Waals surface area contributed by atoms with E-state index in [1.165, 1.54) is 37.3 Å². The van der Waals surface area contributed by atoms with E-state index in [0.717, 1.165) is 12.3 Å². The van der Waals surface area contributed by atoms with Gasteiger partial charge in [-0.3, -0.25) is 5.32 Å². The second kappa shape index (κ2) is 6.48. The highest BCUT2D eigenvalue weighted by atomic mass is 19.1. The minimum Gasteiger partial charge on any atom is -0.384 e. The minimum atomic E-state index is -1.36. The number of benzene rings is 1. The van der Waals surface area contributed by atoms with Crippen LogP contribution in [-0.4, -0.2) is 22.7 Å². The normalized spacial score (nSPS) is 13.3. The van der Waals surface area contributed by atoms with Gasteiger partial charge in [-0.15, -0.1) is 0 Å². The van der Waals surface area contributed by atoms with Crippen LogP contribution < -0.4 is 10.6 Å². The van der Waals surface area contributed by atoms with E-state index in [4.69, 9.17) is 0 Å². The summed E-state index contributed by atoms with van der Waals surface area (Å²) in [5.74, 6) is -0.738. The molecule has 0 bridgehead atoms. The van der Waals surface area contributed by atoms with Crippen LogP contribution in [0.4, 0.5) is 19.4 Å². The first kappa shape index (κ1) is 15.8. The predicted molar refractivity (Wildman–Crippen MR) is 77.2 cm³/mol. The molecule has 0 aliphatic heterocycles. The third-order valence-electron chi connectivity index (χ3n) is 3.03. The molecule has 7 heteroatoms. The molecule has 0 radical (unpaired) electrons. The number of nitrogens with zero attached hydrogens (tertiary/aromatic N) is 1. The van der Waals surface area contributed by atoms with E-state index in [-0.39, 0.29) is 12.4 Å². The fourth-order valence-corrected chi connectivity index (χ4v) is 1.77. The van der Waals surface area contributed by atoms with Crippen molar-refractivity contribution in [2.24, 2.45) is 0 Å². The van der Waals surface area contributed by atoms with E-state index in [9.17, 15) is 18.7 Å². The minimum absolute atomic E-state index is 0.0916. The van der Waals surface area contributed by atoms with Crippen LogP contribution in [0.15, 0.2) is 42.6 Å². The molecule has 1 atom stereocenters. The van der Waals surface area contributed by atoms with Gasteiger partial charge in [-0.1, -0.05) is 12.1 Å². The Morgan fingerprint density at radius 3 is 2.41 bits per heavy atom. The van der Waals surface area contributed by atoms with Crippen LogP contribution in [0.3, 0.4) is 0 Å². The zero-order valence-electron chi connectivity index (χ0n) is 11.8. The number of anilines is 1. The molecule has 1 heterocycles. The van der Waals surface area contributed by atoms with Crippen molar-refractivity contribution in [3.63, 3.8) is 0 Å². The number of hydrogen-bond acceptors (Lipinski definition) is 3. The summed E-state index contributed by atoms with van der Waals surface area (Å²) in [6.07, 6.45) is 0.976. The zero-order chi connectivity index (χ0) is 16.2. The van der Waals surface area contributed by atoms with Crippen LogP contribution >= 0.6 is 0 Å². The van der Waals surface area contributed by atoms with Gasteiger partial charge in [0, 0.05) is 0 Å². The van der Waals surface area contributed by atoms with Crippen LogP contribution in [0.5, 0.6) is 0 Å². The average Bonchev–Trinajstić information content (AvgIpc) is 2.48. The summed E-state index contributed by atoms with van der Waals surface area (Å²) in [5.41, 5.74) is -0.893. The third kappa shape index (κ3) is 4.23. The number of nitrogens with one attached hydrogen (secondary N) is 2. The number of rotatable bonds is 4. The Hall–Kier alpha value is -2.54. The number of carbonyl (C=O) groups is 1. The first-order valence-electron chi connectivity index (χ1n) is 6.52. The van der Waals surface area contributed by atoms with Crippen molar-refractivity contribution in [1.29, 1.82) is 0 Å². The topological polar surface area (TPSA) is 74.2 Å².